The van der Waals surface area contributed by atoms with E-state index in [1.54, 1.807) is 30.3 Å². The topological polar surface area (TPSA) is 62.5 Å². The summed E-state index contributed by atoms with van der Waals surface area (Å²) in [6.45, 7) is 2.04. The van der Waals surface area contributed by atoms with Crippen LogP contribution in [0.2, 0.25) is 0 Å². The summed E-state index contributed by atoms with van der Waals surface area (Å²) < 4.78 is 29.8. The van der Waals surface area contributed by atoms with Crippen molar-refractivity contribution >= 4 is 22.7 Å². The number of carbonyl (C=O) groups is 2. The molecule has 1 N–H and O–H groups in total. The van der Waals surface area contributed by atoms with Crippen molar-refractivity contribution in [1.29, 1.82) is 0 Å². The number of ketones is 1. The molecule has 0 radical (unpaired) electrons. The molecule has 0 amide bonds. The molecule has 5 rings (SSSR count). The maximum absolute atomic E-state index is 14.1. The van der Waals surface area contributed by atoms with Crippen molar-refractivity contribution in [3.05, 3.63) is 70.7 Å². The predicted octanol–water partition coefficient (Wildman–Crippen LogP) is 4.32. The summed E-state index contributed by atoms with van der Waals surface area (Å²) in [5.74, 6) is -1.59. The first-order valence-electron chi connectivity index (χ1n) is 10.9. The highest BCUT2D eigenvalue weighted by molar-refractivity contribution is 6.11. The Hall–Kier alpha value is -3.06. The van der Waals surface area contributed by atoms with Crippen molar-refractivity contribution < 1.29 is 23.5 Å². The van der Waals surface area contributed by atoms with Crippen LogP contribution in [-0.2, 0) is 13.0 Å². The molecular formula is C25H24F2N2O3. The third kappa shape index (κ3) is 3.71. The molecule has 32 heavy (non-hydrogen) atoms. The van der Waals surface area contributed by atoms with Gasteiger partial charge in [0.25, 0.3) is 0 Å². The van der Waals surface area contributed by atoms with E-state index in [4.69, 9.17) is 5.11 Å². The summed E-state index contributed by atoms with van der Waals surface area (Å²) in [4.78, 5) is 26.6. The van der Waals surface area contributed by atoms with E-state index < -0.39 is 18.0 Å². The summed E-state index contributed by atoms with van der Waals surface area (Å²) in [6, 6.07) is 11.2. The molecule has 1 aromatic heterocycles. The molecule has 1 fully saturated rings. The number of carboxylic acid groups (broad SMARTS) is 1. The number of Topliss-reactive ketones (excluding diaryl/α,β-unsaturated/α-hetero) is 1. The van der Waals surface area contributed by atoms with Crippen LogP contribution in [0.1, 0.15) is 44.8 Å². The second-order valence-corrected chi connectivity index (χ2v) is 8.82. The highest BCUT2D eigenvalue weighted by atomic mass is 19.1. The minimum atomic E-state index is -0.982. The van der Waals surface area contributed by atoms with E-state index in [1.807, 2.05) is 9.47 Å². The van der Waals surface area contributed by atoms with Gasteiger partial charge in [-0.15, -0.1) is 0 Å². The third-order valence-corrected chi connectivity index (χ3v) is 6.71. The van der Waals surface area contributed by atoms with Crippen LogP contribution in [0.3, 0.4) is 0 Å². The van der Waals surface area contributed by atoms with E-state index in [9.17, 15) is 18.4 Å². The number of carbonyl (C=O) groups excluding carboxylic acids is 1. The number of benzene rings is 2. The second kappa shape index (κ2) is 8.13. The van der Waals surface area contributed by atoms with Gasteiger partial charge in [0.2, 0.25) is 0 Å². The minimum absolute atomic E-state index is 0.00383. The average molecular weight is 438 g/mol. The van der Waals surface area contributed by atoms with Gasteiger partial charge >= 0.3 is 5.97 Å². The molecule has 7 heteroatoms. The largest absolute Gasteiger partial charge is 0.478 e. The van der Waals surface area contributed by atoms with Gasteiger partial charge in [0.05, 0.1) is 5.56 Å². The lowest BCUT2D eigenvalue weighted by atomic mass is 9.84. The molecule has 2 heterocycles. The summed E-state index contributed by atoms with van der Waals surface area (Å²) in [5.41, 5.74) is 3.37. The standard InChI is InChI=1S/C25H24F2N2O3/c26-18-6-8-21-20(11-18)23-22(29(21)12-15-1-3-16(4-2-15)25(31)32)7-5-17(24(23)30)13-28-10-9-19(27)14-28/h1-4,6,8,11,17,19H,5,7,9-10,12-14H2,(H,31,32)/t17?,19-/m1/s1. The second-order valence-electron chi connectivity index (χ2n) is 8.82. The fraction of sp³-hybridized carbons (Fsp3) is 0.360. The number of fused-ring (bicyclic) bond motifs is 3. The highest BCUT2D eigenvalue weighted by Gasteiger charge is 2.35. The number of aromatic nitrogens is 1. The van der Waals surface area contributed by atoms with Crippen LogP contribution in [-0.4, -0.2) is 52.1 Å². The molecule has 1 aliphatic carbocycles. The Morgan fingerprint density at radius 3 is 2.59 bits per heavy atom. The average Bonchev–Trinajstić information content (AvgIpc) is 3.31. The van der Waals surface area contributed by atoms with Gasteiger partial charge in [0, 0.05) is 54.3 Å². The van der Waals surface area contributed by atoms with E-state index >= 15 is 0 Å². The molecular weight excluding hydrogens is 414 g/mol. The van der Waals surface area contributed by atoms with Crippen molar-refractivity contribution in [3.63, 3.8) is 0 Å². The molecule has 2 atom stereocenters. The number of hydrogen-bond acceptors (Lipinski definition) is 3. The van der Waals surface area contributed by atoms with Crippen molar-refractivity contribution in [2.75, 3.05) is 19.6 Å². The van der Waals surface area contributed by atoms with Crippen LogP contribution in [0, 0.1) is 11.7 Å². The Morgan fingerprint density at radius 1 is 1.12 bits per heavy atom. The molecule has 0 bridgehead atoms. The molecule has 2 aromatic carbocycles. The quantitative estimate of drug-likeness (QED) is 0.645. The zero-order valence-electron chi connectivity index (χ0n) is 17.6. The smallest absolute Gasteiger partial charge is 0.335 e. The minimum Gasteiger partial charge on any atom is -0.478 e. The summed E-state index contributed by atoms with van der Waals surface area (Å²) >= 11 is 0. The lowest BCUT2D eigenvalue weighted by Crippen LogP contribution is -2.35. The van der Waals surface area contributed by atoms with Gasteiger partial charge in [-0.05, 0) is 55.2 Å². The SMILES string of the molecule is O=C(O)c1ccc(Cn2c3c(c4cc(F)ccc42)C(=O)C(CN2CC[C@@H](F)C2)CC3)cc1. The number of halogens is 2. The number of aromatic carboxylic acids is 1. The first-order valence-corrected chi connectivity index (χ1v) is 10.9. The van der Waals surface area contributed by atoms with E-state index in [0.717, 1.165) is 16.8 Å². The molecule has 0 saturated carbocycles. The summed E-state index contributed by atoms with van der Waals surface area (Å²) in [5, 5.41) is 9.74. The van der Waals surface area contributed by atoms with Gasteiger partial charge in [-0.25, -0.2) is 13.6 Å². The van der Waals surface area contributed by atoms with Gasteiger partial charge in [-0.2, -0.15) is 0 Å². The first kappa shape index (κ1) is 20.8. The van der Waals surface area contributed by atoms with Crippen molar-refractivity contribution in [2.24, 2.45) is 5.92 Å². The zero-order valence-corrected chi connectivity index (χ0v) is 17.6. The number of likely N-dealkylation sites (tertiary alicyclic amines) is 1. The predicted molar refractivity (Wildman–Crippen MR) is 116 cm³/mol. The molecule has 1 saturated heterocycles. The Bertz CT molecular complexity index is 1200. The summed E-state index contributed by atoms with van der Waals surface area (Å²) in [7, 11) is 0. The Labute approximate surface area is 184 Å². The fourth-order valence-electron chi connectivity index (χ4n) is 5.11. The Kier molecular flexibility index (Phi) is 5.29. The van der Waals surface area contributed by atoms with Crippen molar-refractivity contribution in [3.8, 4) is 0 Å². The van der Waals surface area contributed by atoms with Crippen LogP contribution in [0.25, 0.3) is 10.9 Å². The third-order valence-electron chi connectivity index (χ3n) is 6.71. The van der Waals surface area contributed by atoms with Gasteiger partial charge in [-0.3, -0.25) is 9.69 Å². The first-order chi connectivity index (χ1) is 15.4. The molecule has 2 aliphatic rings. The Balaban J connectivity index is 1.50. The van der Waals surface area contributed by atoms with Gasteiger partial charge in [0.15, 0.2) is 5.78 Å². The number of carboxylic acids is 1. The summed E-state index contributed by atoms with van der Waals surface area (Å²) in [6.07, 6.45) is 1.04. The van der Waals surface area contributed by atoms with Crippen LogP contribution in [0.15, 0.2) is 42.5 Å². The molecule has 3 aromatic rings. The van der Waals surface area contributed by atoms with E-state index in [2.05, 4.69) is 0 Å². The fourth-order valence-corrected chi connectivity index (χ4v) is 5.11. The monoisotopic (exact) mass is 438 g/mol. The molecule has 0 spiro atoms. The lowest BCUT2D eigenvalue weighted by molar-refractivity contribution is 0.0696. The molecule has 1 unspecified atom stereocenters. The van der Waals surface area contributed by atoms with Crippen LogP contribution in [0.4, 0.5) is 8.78 Å². The highest BCUT2D eigenvalue weighted by Crippen LogP contribution is 2.36. The molecule has 166 valence electrons. The maximum atomic E-state index is 14.1. The zero-order chi connectivity index (χ0) is 22.4. The van der Waals surface area contributed by atoms with E-state index in [0.29, 0.717) is 56.4 Å². The Morgan fingerprint density at radius 2 is 1.91 bits per heavy atom. The number of nitrogens with zero attached hydrogens (tertiary/aromatic N) is 2. The van der Waals surface area contributed by atoms with Gasteiger partial charge in [0.1, 0.15) is 12.0 Å². The number of alkyl halides is 1. The van der Waals surface area contributed by atoms with Gasteiger partial charge < -0.3 is 9.67 Å². The van der Waals surface area contributed by atoms with E-state index in [-0.39, 0.29) is 17.3 Å². The van der Waals surface area contributed by atoms with Crippen molar-refractivity contribution in [1.82, 2.24) is 9.47 Å². The molecule has 5 nitrogen and oxygen atoms in total. The van der Waals surface area contributed by atoms with Crippen molar-refractivity contribution in [2.45, 2.75) is 32.0 Å². The van der Waals surface area contributed by atoms with Gasteiger partial charge in [-0.1, -0.05) is 12.1 Å². The number of rotatable bonds is 5. The molecule has 1 aliphatic heterocycles. The maximum Gasteiger partial charge on any atom is 0.335 e. The lowest BCUT2D eigenvalue weighted by Gasteiger charge is -2.26. The van der Waals surface area contributed by atoms with Crippen LogP contribution in [0.5, 0.6) is 0 Å². The van der Waals surface area contributed by atoms with Crippen LogP contribution < -0.4 is 0 Å². The number of hydrogen-bond donors (Lipinski definition) is 1. The van der Waals surface area contributed by atoms with Crippen LogP contribution >= 0.6 is 0 Å². The van der Waals surface area contributed by atoms with E-state index in [1.165, 1.54) is 12.1 Å². The normalized spacial score (nSPS) is 21.2.